The lowest BCUT2D eigenvalue weighted by Gasteiger charge is -2.47. The topological polar surface area (TPSA) is 24.9 Å². The van der Waals surface area contributed by atoms with Gasteiger partial charge in [-0.05, 0) is 24.6 Å². The molecule has 0 spiro atoms. The van der Waals surface area contributed by atoms with E-state index in [0.717, 1.165) is 45.3 Å². The zero-order chi connectivity index (χ0) is 16.2. The first-order chi connectivity index (χ1) is 11.2. The monoisotopic (exact) mass is 326 g/mol. The molecule has 1 aromatic carbocycles. The van der Waals surface area contributed by atoms with Crippen LogP contribution < -0.4 is 0 Å². The van der Waals surface area contributed by atoms with Crippen molar-refractivity contribution in [2.75, 3.05) is 46.5 Å². The van der Waals surface area contributed by atoms with Crippen molar-refractivity contribution >= 4 is 0 Å². The Labute approximate surface area is 136 Å². The quantitative estimate of drug-likeness (QED) is 0.825. The fourth-order valence-corrected chi connectivity index (χ4v) is 3.54. The van der Waals surface area contributed by atoms with Crippen LogP contribution in [0.2, 0.25) is 0 Å². The molecule has 2 aliphatic rings. The highest BCUT2D eigenvalue weighted by atomic mass is 19.1. The molecule has 0 saturated carbocycles. The minimum Gasteiger partial charge on any atom is -0.383 e. The van der Waals surface area contributed by atoms with Crippen LogP contribution in [0.25, 0.3) is 0 Å². The van der Waals surface area contributed by atoms with E-state index in [2.05, 4.69) is 9.80 Å². The number of morpholine rings is 1. The van der Waals surface area contributed by atoms with Crippen molar-refractivity contribution in [3.63, 3.8) is 0 Å². The lowest BCUT2D eigenvalue weighted by Crippen LogP contribution is -2.60. The summed E-state index contributed by atoms with van der Waals surface area (Å²) in [6.07, 6.45) is 1.15. The molecule has 128 valence electrons. The van der Waals surface area contributed by atoms with E-state index in [1.54, 1.807) is 7.11 Å². The van der Waals surface area contributed by atoms with Crippen molar-refractivity contribution in [1.82, 2.24) is 9.80 Å². The molecule has 0 N–H and O–H groups in total. The molecule has 3 rings (SSSR count). The van der Waals surface area contributed by atoms with Gasteiger partial charge in [-0.15, -0.1) is 0 Å². The second kappa shape index (κ2) is 7.66. The summed E-state index contributed by atoms with van der Waals surface area (Å²) in [5.74, 6) is -0.733. The third kappa shape index (κ3) is 4.07. The van der Waals surface area contributed by atoms with E-state index in [9.17, 15) is 8.78 Å². The van der Waals surface area contributed by atoms with E-state index in [1.807, 2.05) is 0 Å². The first-order valence-electron chi connectivity index (χ1n) is 8.18. The van der Waals surface area contributed by atoms with Crippen molar-refractivity contribution in [2.24, 2.45) is 0 Å². The predicted octanol–water partition coefficient (Wildman–Crippen LogP) is 1.89. The number of ether oxygens (including phenoxy) is 2. The van der Waals surface area contributed by atoms with Gasteiger partial charge in [0.15, 0.2) is 0 Å². The largest absolute Gasteiger partial charge is 0.383 e. The van der Waals surface area contributed by atoms with E-state index in [1.165, 1.54) is 12.1 Å². The van der Waals surface area contributed by atoms with Crippen LogP contribution >= 0.6 is 0 Å². The van der Waals surface area contributed by atoms with Crippen molar-refractivity contribution in [1.29, 1.82) is 0 Å². The van der Waals surface area contributed by atoms with Crippen LogP contribution in [0, 0.1) is 11.6 Å². The lowest BCUT2D eigenvalue weighted by molar-refractivity contribution is -0.107. The molecule has 2 aliphatic heterocycles. The van der Waals surface area contributed by atoms with Crippen LogP contribution in [0.4, 0.5) is 8.78 Å². The Hall–Kier alpha value is -1.08. The highest BCUT2D eigenvalue weighted by molar-refractivity contribution is 5.18. The maximum atomic E-state index is 13.9. The molecule has 0 unspecified atom stereocenters. The summed E-state index contributed by atoms with van der Waals surface area (Å²) >= 11 is 0. The molecule has 0 amide bonds. The summed E-state index contributed by atoms with van der Waals surface area (Å²) in [6, 6.07) is 3.95. The summed E-state index contributed by atoms with van der Waals surface area (Å²) in [5.41, 5.74) is 0.420. The summed E-state index contributed by atoms with van der Waals surface area (Å²) < 4.78 is 38.3. The first-order valence-corrected chi connectivity index (χ1v) is 8.18. The van der Waals surface area contributed by atoms with Crippen molar-refractivity contribution in [3.8, 4) is 0 Å². The summed E-state index contributed by atoms with van der Waals surface area (Å²) in [5, 5.41) is 0. The molecule has 1 aromatic rings. The molecule has 2 atom stereocenters. The van der Waals surface area contributed by atoms with Gasteiger partial charge in [0.25, 0.3) is 0 Å². The fourth-order valence-electron chi connectivity index (χ4n) is 3.54. The Bertz CT molecular complexity index is 529. The Balaban J connectivity index is 1.65. The molecule has 0 aromatic heterocycles. The van der Waals surface area contributed by atoms with Crippen LogP contribution in [-0.4, -0.2) is 68.4 Å². The minimum atomic E-state index is -0.390. The van der Waals surface area contributed by atoms with Crippen molar-refractivity contribution < 1.29 is 18.3 Å². The second-order valence-corrected chi connectivity index (χ2v) is 6.26. The van der Waals surface area contributed by atoms with Gasteiger partial charge >= 0.3 is 0 Å². The number of benzene rings is 1. The molecule has 4 nitrogen and oxygen atoms in total. The molecule has 23 heavy (non-hydrogen) atoms. The van der Waals surface area contributed by atoms with Crippen molar-refractivity contribution in [2.45, 2.75) is 25.1 Å². The van der Waals surface area contributed by atoms with Gasteiger partial charge in [0.05, 0.1) is 19.3 Å². The molecule has 0 aliphatic carbocycles. The van der Waals surface area contributed by atoms with E-state index in [0.29, 0.717) is 24.8 Å². The number of nitrogens with zero attached hydrogens (tertiary/aromatic N) is 2. The number of fused-ring (bicyclic) bond motifs is 1. The van der Waals surface area contributed by atoms with Crippen LogP contribution in [0.1, 0.15) is 12.0 Å². The van der Waals surface area contributed by atoms with Gasteiger partial charge in [-0.3, -0.25) is 9.80 Å². The summed E-state index contributed by atoms with van der Waals surface area (Å²) in [6.45, 7) is 5.31. The number of hydrogen-bond donors (Lipinski definition) is 0. The van der Waals surface area contributed by atoms with Gasteiger partial charge < -0.3 is 9.47 Å². The van der Waals surface area contributed by atoms with Crippen LogP contribution in [0.3, 0.4) is 0 Å². The number of methoxy groups -OCH3 is 1. The Morgan fingerprint density at radius 1 is 1.30 bits per heavy atom. The third-order valence-corrected chi connectivity index (χ3v) is 4.77. The molecule has 0 radical (unpaired) electrons. The summed E-state index contributed by atoms with van der Waals surface area (Å²) in [7, 11) is 1.71. The van der Waals surface area contributed by atoms with E-state index >= 15 is 0 Å². The number of piperidine rings is 1. The van der Waals surface area contributed by atoms with Gasteiger partial charge in [0.2, 0.25) is 0 Å². The smallest absolute Gasteiger partial charge is 0.127 e. The third-order valence-electron chi connectivity index (χ3n) is 4.77. The standard InChI is InChI=1S/C17H24F2N2O2/c1-22-8-6-21-7-9-23-17-4-5-20(12-16(17)21)11-13-10-14(18)2-3-15(13)19/h2-3,10,16-17H,4-9,11-12H2,1H3/t16-,17-/m1/s1. The second-order valence-electron chi connectivity index (χ2n) is 6.26. The zero-order valence-electron chi connectivity index (χ0n) is 13.5. The Morgan fingerprint density at radius 2 is 2.17 bits per heavy atom. The number of hydrogen-bond acceptors (Lipinski definition) is 4. The van der Waals surface area contributed by atoms with Gasteiger partial charge in [0.1, 0.15) is 11.6 Å². The number of likely N-dealkylation sites (tertiary alicyclic amines) is 1. The molecule has 2 saturated heterocycles. The number of halogens is 2. The molecular weight excluding hydrogens is 302 g/mol. The number of rotatable bonds is 5. The van der Waals surface area contributed by atoms with Crippen LogP contribution in [-0.2, 0) is 16.0 Å². The maximum absolute atomic E-state index is 13.9. The van der Waals surface area contributed by atoms with Gasteiger partial charge in [-0.2, -0.15) is 0 Å². The average Bonchev–Trinajstić information content (AvgIpc) is 2.56. The zero-order valence-corrected chi connectivity index (χ0v) is 13.5. The van der Waals surface area contributed by atoms with E-state index in [4.69, 9.17) is 9.47 Å². The van der Waals surface area contributed by atoms with E-state index in [-0.39, 0.29) is 17.7 Å². The Morgan fingerprint density at radius 3 is 3.00 bits per heavy atom. The fraction of sp³-hybridized carbons (Fsp3) is 0.647. The molecule has 2 heterocycles. The lowest BCUT2D eigenvalue weighted by atomic mass is 9.98. The van der Waals surface area contributed by atoms with Gasteiger partial charge in [0, 0.05) is 51.4 Å². The van der Waals surface area contributed by atoms with Gasteiger partial charge in [-0.25, -0.2) is 8.78 Å². The Kier molecular flexibility index (Phi) is 5.58. The molecule has 6 heteroatoms. The van der Waals surface area contributed by atoms with Crippen molar-refractivity contribution in [3.05, 3.63) is 35.4 Å². The molecule has 2 fully saturated rings. The SMILES string of the molecule is COCCN1CCO[C@@H]2CCN(Cc3cc(F)ccc3F)C[C@H]21. The summed E-state index contributed by atoms with van der Waals surface area (Å²) in [4.78, 5) is 4.58. The average molecular weight is 326 g/mol. The molecular formula is C17H24F2N2O2. The maximum Gasteiger partial charge on any atom is 0.127 e. The minimum absolute atomic E-state index is 0.231. The highest BCUT2D eigenvalue weighted by Gasteiger charge is 2.36. The highest BCUT2D eigenvalue weighted by Crippen LogP contribution is 2.24. The molecule has 0 bridgehead atoms. The van der Waals surface area contributed by atoms with E-state index < -0.39 is 0 Å². The van der Waals surface area contributed by atoms with Gasteiger partial charge in [-0.1, -0.05) is 0 Å². The first kappa shape index (κ1) is 16.8. The van der Waals surface area contributed by atoms with Crippen LogP contribution in [0.15, 0.2) is 18.2 Å². The normalized spacial score (nSPS) is 26.2. The van der Waals surface area contributed by atoms with Crippen LogP contribution in [0.5, 0.6) is 0 Å². The predicted molar refractivity (Wildman–Crippen MR) is 83.2 cm³/mol.